The summed E-state index contributed by atoms with van der Waals surface area (Å²) >= 11 is 0. The molecule has 90 valence electrons. The van der Waals surface area contributed by atoms with Gasteiger partial charge < -0.3 is 10.1 Å². The summed E-state index contributed by atoms with van der Waals surface area (Å²) in [6.45, 7) is 9.93. The van der Waals surface area contributed by atoms with Gasteiger partial charge in [-0.05, 0) is 18.4 Å². The highest BCUT2D eigenvalue weighted by molar-refractivity contribution is 5.20. The molecule has 0 saturated heterocycles. The van der Waals surface area contributed by atoms with E-state index in [1.54, 1.807) is 0 Å². The molecule has 1 N–H and O–H groups in total. The SMILES string of the molecule is Cc1ccc(CNCCOCC(C)C)cc1. The average molecular weight is 221 g/mol. The fraction of sp³-hybridized carbons (Fsp3) is 0.571. The summed E-state index contributed by atoms with van der Waals surface area (Å²) in [5.41, 5.74) is 2.64. The Kier molecular flexibility index (Phi) is 6.12. The van der Waals surface area contributed by atoms with Gasteiger partial charge in [-0.15, -0.1) is 0 Å². The highest BCUT2D eigenvalue weighted by Gasteiger charge is 1.94. The van der Waals surface area contributed by atoms with Gasteiger partial charge >= 0.3 is 0 Å². The lowest BCUT2D eigenvalue weighted by molar-refractivity contribution is 0.111. The third-order valence-electron chi connectivity index (χ3n) is 2.32. The van der Waals surface area contributed by atoms with Crippen molar-refractivity contribution >= 4 is 0 Å². The van der Waals surface area contributed by atoms with E-state index in [2.05, 4.69) is 50.4 Å². The van der Waals surface area contributed by atoms with Crippen LogP contribution in [0, 0.1) is 12.8 Å². The van der Waals surface area contributed by atoms with Gasteiger partial charge in [0, 0.05) is 19.7 Å². The number of hydrogen-bond donors (Lipinski definition) is 1. The summed E-state index contributed by atoms with van der Waals surface area (Å²) in [5, 5.41) is 3.37. The van der Waals surface area contributed by atoms with Gasteiger partial charge in [0.2, 0.25) is 0 Å². The van der Waals surface area contributed by atoms with Crippen molar-refractivity contribution in [3.05, 3.63) is 35.4 Å². The Morgan fingerprint density at radius 1 is 1.19 bits per heavy atom. The van der Waals surface area contributed by atoms with Crippen molar-refractivity contribution in [1.82, 2.24) is 5.32 Å². The molecule has 1 aromatic rings. The maximum absolute atomic E-state index is 5.49. The van der Waals surface area contributed by atoms with E-state index in [0.29, 0.717) is 5.92 Å². The molecule has 0 spiro atoms. The quantitative estimate of drug-likeness (QED) is 0.715. The Morgan fingerprint density at radius 2 is 1.88 bits per heavy atom. The van der Waals surface area contributed by atoms with Crippen LogP contribution in [0.5, 0.6) is 0 Å². The van der Waals surface area contributed by atoms with Crippen LogP contribution in [0.25, 0.3) is 0 Å². The van der Waals surface area contributed by atoms with Gasteiger partial charge in [-0.1, -0.05) is 43.7 Å². The van der Waals surface area contributed by atoms with Crippen molar-refractivity contribution in [2.24, 2.45) is 5.92 Å². The highest BCUT2D eigenvalue weighted by Crippen LogP contribution is 2.02. The van der Waals surface area contributed by atoms with Crippen molar-refractivity contribution in [3.63, 3.8) is 0 Å². The number of benzene rings is 1. The fourth-order valence-corrected chi connectivity index (χ4v) is 1.40. The van der Waals surface area contributed by atoms with Crippen molar-refractivity contribution in [2.45, 2.75) is 27.3 Å². The van der Waals surface area contributed by atoms with E-state index in [1.165, 1.54) is 11.1 Å². The molecule has 0 heterocycles. The van der Waals surface area contributed by atoms with Crippen molar-refractivity contribution in [3.8, 4) is 0 Å². The number of aryl methyl sites for hydroxylation is 1. The van der Waals surface area contributed by atoms with E-state index in [4.69, 9.17) is 4.74 Å². The van der Waals surface area contributed by atoms with Crippen LogP contribution in [0.1, 0.15) is 25.0 Å². The number of ether oxygens (including phenoxy) is 1. The van der Waals surface area contributed by atoms with E-state index in [1.807, 2.05) is 0 Å². The fourth-order valence-electron chi connectivity index (χ4n) is 1.40. The van der Waals surface area contributed by atoms with Gasteiger partial charge in [0.15, 0.2) is 0 Å². The molecular weight excluding hydrogens is 198 g/mol. The zero-order chi connectivity index (χ0) is 11.8. The molecule has 0 aliphatic heterocycles. The first-order chi connectivity index (χ1) is 7.68. The van der Waals surface area contributed by atoms with Crippen LogP contribution in [0.15, 0.2) is 24.3 Å². The summed E-state index contributed by atoms with van der Waals surface area (Å²) in [6, 6.07) is 8.62. The van der Waals surface area contributed by atoms with Crippen LogP contribution in [0.2, 0.25) is 0 Å². The summed E-state index contributed by atoms with van der Waals surface area (Å²) in [5.74, 6) is 0.622. The second kappa shape index (κ2) is 7.42. The molecule has 0 radical (unpaired) electrons. The highest BCUT2D eigenvalue weighted by atomic mass is 16.5. The molecule has 0 aliphatic carbocycles. The van der Waals surface area contributed by atoms with Gasteiger partial charge in [-0.25, -0.2) is 0 Å². The Bertz CT molecular complexity index is 279. The van der Waals surface area contributed by atoms with Crippen molar-refractivity contribution in [1.29, 1.82) is 0 Å². The zero-order valence-corrected chi connectivity index (χ0v) is 10.6. The monoisotopic (exact) mass is 221 g/mol. The standard InChI is InChI=1S/C14H23NO/c1-12(2)11-16-9-8-15-10-14-6-4-13(3)5-7-14/h4-7,12,15H,8-11H2,1-3H3. The van der Waals surface area contributed by atoms with Crippen molar-refractivity contribution < 1.29 is 4.74 Å². The second-order valence-electron chi connectivity index (χ2n) is 4.63. The first kappa shape index (κ1) is 13.2. The molecule has 0 aromatic heterocycles. The molecule has 0 amide bonds. The van der Waals surface area contributed by atoms with Crippen LogP contribution in [0.3, 0.4) is 0 Å². The van der Waals surface area contributed by atoms with Gasteiger partial charge in [0.05, 0.1) is 6.61 Å². The van der Waals surface area contributed by atoms with Crippen LogP contribution in [-0.4, -0.2) is 19.8 Å². The Morgan fingerprint density at radius 3 is 2.50 bits per heavy atom. The topological polar surface area (TPSA) is 21.3 Å². The minimum Gasteiger partial charge on any atom is -0.380 e. The Balaban J connectivity index is 2.05. The molecule has 0 saturated carbocycles. The van der Waals surface area contributed by atoms with Crippen LogP contribution >= 0.6 is 0 Å². The number of rotatable bonds is 7. The van der Waals surface area contributed by atoms with Gasteiger partial charge in [0.25, 0.3) is 0 Å². The smallest absolute Gasteiger partial charge is 0.0591 e. The van der Waals surface area contributed by atoms with Gasteiger partial charge in [-0.3, -0.25) is 0 Å². The number of nitrogens with one attached hydrogen (secondary N) is 1. The molecule has 0 fully saturated rings. The van der Waals surface area contributed by atoms with E-state index in [9.17, 15) is 0 Å². The van der Waals surface area contributed by atoms with Gasteiger partial charge in [-0.2, -0.15) is 0 Å². The van der Waals surface area contributed by atoms with Crippen LogP contribution in [0.4, 0.5) is 0 Å². The van der Waals surface area contributed by atoms with E-state index in [0.717, 1.165) is 26.3 Å². The third-order valence-corrected chi connectivity index (χ3v) is 2.32. The largest absolute Gasteiger partial charge is 0.380 e. The van der Waals surface area contributed by atoms with Gasteiger partial charge in [0.1, 0.15) is 0 Å². The van der Waals surface area contributed by atoms with E-state index in [-0.39, 0.29) is 0 Å². The van der Waals surface area contributed by atoms with E-state index >= 15 is 0 Å². The molecule has 0 bridgehead atoms. The summed E-state index contributed by atoms with van der Waals surface area (Å²) < 4.78 is 5.49. The average Bonchev–Trinajstić information content (AvgIpc) is 2.25. The summed E-state index contributed by atoms with van der Waals surface area (Å²) in [4.78, 5) is 0. The minimum atomic E-state index is 0.622. The lowest BCUT2D eigenvalue weighted by Gasteiger charge is -2.08. The van der Waals surface area contributed by atoms with Crippen LogP contribution in [-0.2, 0) is 11.3 Å². The van der Waals surface area contributed by atoms with Crippen LogP contribution < -0.4 is 5.32 Å². The molecule has 2 nitrogen and oxygen atoms in total. The molecule has 0 aliphatic rings. The Hall–Kier alpha value is -0.860. The van der Waals surface area contributed by atoms with E-state index < -0.39 is 0 Å². The maximum Gasteiger partial charge on any atom is 0.0591 e. The molecule has 0 atom stereocenters. The maximum atomic E-state index is 5.49. The zero-order valence-electron chi connectivity index (χ0n) is 10.6. The lowest BCUT2D eigenvalue weighted by atomic mass is 10.1. The first-order valence-electron chi connectivity index (χ1n) is 6.02. The molecular formula is C14H23NO. The predicted molar refractivity (Wildman–Crippen MR) is 68.5 cm³/mol. The third kappa shape index (κ3) is 5.89. The molecule has 16 heavy (non-hydrogen) atoms. The molecule has 1 aromatic carbocycles. The number of hydrogen-bond acceptors (Lipinski definition) is 2. The van der Waals surface area contributed by atoms with Crippen molar-refractivity contribution in [2.75, 3.05) is 19.8 Å². The minimum absolute atomic E-state index is 0.622. The Labute approximate surface area is 99.0 Å². The lowest BCUT2D eigenvalue weighted by Crippen LogP contribution is -2.20. The molecule has 0 unspecified atom stereocenters. The summed E-state index contributed by atoms with van der Waals surface area (Å²) in [6.07, 6.45) is 0. The summed E-state index contributed by atoms with van der Waals surface area (Å²) in [7, 11) is 0. The normalized spacial score (nSPS) is 11.0. The first-order valence-corrected chi connectivity index (χ1v) is 6.02. The predicted octanol–water partition coefficient (Wildman–Crippen LogP) is 2.76. The molecule has 2 heteroatoms. The molecule has 1 rings (SSSR count). The second-order valence-corrected chi connectivity index (χ2v) is 4.63.